The van der Waals surface area contributed by atoms with Gasteiger partial charge in [-0.2, -0.15) is 0 Å². The molecule has 0 aliphatic carbocycles. The van der Waals surface area contributed by atoms with Crippen LogP contribution in [0.5, 0.6) is 0 Å². The summed E-state index contributed by atoms with van der Waals surface area (Å²) in [7, 11) is 0. The molecule has 0 saturated carbocycles. The molecule has 0 radical (unpaired) electrons. The predicted octanol–water partition coefficient (Wildman–Crippen LogP) is 1.64. The van der Waals surface area contributed by atoms with Gasteiger partial charge in [-0.3, -0.25) is 19.1 Å². The third-order valence-electron chi connectivity index (χ3n) is 3.25. The zero-order valence-corrected chi connectivity index (χ0v) is 13.9. The molecule has 0 unspecified atom stereocenters. The smallest absolute Gasteiger partial charge is 0.330 e. The summed E-state index contributed by atoms with van der Waals surface area (Å²) in [5.41, 5.74) is -1.21. The highest BCUT2D eigenvalue weighted by molar-refractivity contribution is 7.99. The number of furan rings is 2. The molecule has 8 nitrogen and oxygen atoms in total. The third-order valence-corrected chi connectivity index (χ3v) is 4.21. The first-order valence-electron chi connectivity index (χ1n) is 7.38. The van der Waals surface area contributed by atoms with Crippen LogP contribution in [0.3, 0.4) is 0 Å². The van der Waals surface area contributed by atoms with Crippen LogP contribution in [-0.2, 0) is 17.1 Å². The predicted molar refractivity (Wildman–Crippen MR) is 92.6 cm³/mol. The van der Waals surface area contributed by atoms with Crippen LogP contribution in [-0.4, -0.2) is 21.2 Å². The average Bonchev–Trinajstić information content (AvgIpc) is 3.24. The number of aromatic nitrogens is 2. The highest BCUT2D eigenvalue weighted by Gasteiger charge is 2.12. The lowest BCUT2D eigenvalue weighted by molar-refractivity contribution is -0.113. The Morgan fingerprint density at radius 2 is 1.88 bits per heavy atom. The third kappa shape index (κ3) is 4.54. The van der Waals surface area contributed by atoms with Gasteiger partial charge < -0.3 is 14.2 Å². The number of H-pyrrole nitrogens is 1. The van der Waals surface area contributed by atoms with Gasteiger partial charge in [0, 0.05) is 6.07 Å². The van der Waals surface area contributed by atoms with Gasteiger partial charge in [-0.25, -0.2) is 4.79 Å². The molecular weight excluding hydrogens is 346 g/mol. The summed E-state index contributed by atoms with van der Waals surface area (Å²) in [5.74, 6) is 1.79. The van der Waals surface area contributed by atoms with E-state index >= 15 is 0 Å². The Kier molecular flexibility index (Phi) is 5.24. The van der Waals surface area contributed by atoms with Crippen LogP contribution in [0.15, 0.2) is 61.3 Å². The van der Waals surface area contributed by atoms with Crippen molar-refractivity contribution >= 4 is 23.5 Å². The second-order valence-corrected chi connectivity index (χ2v) is 6.10. The highest BCUT2D eigenvalue weighted by atomic mass is 32.2. The van der Waals surface area contributed by atoms with Gasteiger partial charge >= 0.3 is 5.69 Å². The van der Waals surface area contributed by atoms with Gasteiger partial charge in [-0.05, 0) is 24.3 Å². The molecular formula is C16H15N3O5S. The second-order valence-electron chi connectivity index (χ2n) is 5.11. The normalized spacial score (nSPS) is 10.7. The van der Waals surface area contributed by atoms with Crippen LogP contribution >= 0.6 is 11.8 Å². The summed E-state index contributed by atoms with van der Waals surface area (Å²) in [5, 5.41) is 2.60. The maximum absolute atomic E-state index is 12.1. The molecule has 0 aromatic carbocycles. The van der Waals surface area contributed by atoms with Crippen molar-refractivity contribution in [1.82, 2.24) is 9.55 Å². The minimum Gasteiger partial charge on any atom is -0.468 e. The van der Waals surface area contributed by atoms with Crippen LogP contribution in [0.2, 0.25) is 0 Å². The number of rotatable bonds is 7. The summed E-state index contributed by atoms with van der Waals surface area (Å²) >= 11 is 1.36. The van der Waals surface area contributed by atoms with Crippen molar-refractivity contribution in [2.24, 2.45) is 0 Å². The van der Waals surface area contributed by atoms with Crippen molar-refractivity contribution in [2.45, 2.75) is 12.3 Å². The quantitative estimate of drug-likeness (QED) is 0.662. The number of carbonyl (C=O) groups excluding carboxylic acids is 1. The van der Waals surface area contributed by atoms with Crippen LogP contribution < -0.4 is 16.6 Å². The molecule has 3 heterocycles. The molecule has 3 aromatic rings. The van der Waals surface area contributed by atoms with Crippen molar-refractivity contribution in [2.75, 3.05) is 11.1 Å². The maximum Gasteiger partial charge on any atom is 0.330 e. The van der Waals surface area contributed by atoms with Crippen LogP contribution in [0.25, 0.3) is 0 Å². The molecule has 0 saturated heterocycles. The summed E-state index contributed by atoms with van der Waals surface area (Å²) in [4.78, 5) is 37.9. The molecule has 25 heavy (non-hydrogen) atoms. The SMILES string of the molecule is O=C(CSCc1ccco1)Nc1cc(=O)[nH]c(=O)n1Cc1ccco1. The largest absolute Gasteiger partial charge is 0.468 e. The minimum absolute atomic E-state index is 0.0950. The van der Waals surface area contributed by atoms with Gasteiger partial charge in [0.1, 0.15) is 17.3 Å². The summed E-state index contributed by atoms with van der Waals surface area (Å²) in [6.07, 6.45) is 3.05. The van der Waals surface area contributed by atoms with E-state index in [0.717, 1.165) is 5.76 Å². The Morgan fingerprint density at radius 3 is 2.56 bits per heavy atom. The Balaban J connectivity index is 1.69. The molecule has 0 bridgehead atoms. The highest BCUT2D eigenvalue weighted by Crippen LogP contribution is 2.13. The summed E-state index contributed by atoms with van der Waals surface area (Å²) in [6, 6.07) is 8.15. The number of hydrogen-bond acceptors (Lipinski definition) is 6. The van der Waals surface area contributed by atoms with Gasteiger partial charge in [-0.1, -0.05) is 0 Å². The van der Waals surface area contributed by atoms with E-state index in [0.29, 0.717) is 11.5 Å². The van der Waals surface area contributed by atoms with Crippen LogP contribution in [0.4, 0.5) is 5.82 Å². The van der Waals surface area contributed by atoms with Crippen molar-refractivity contribution < 1.29 is 13.6 Å². The number of amides is 1. The minimum atomic E-state index is -0.623. The summed E-state index contributed by atoms with van der Waals surface area (Å²) in [6.45, 7) is 0.0950. The molecule has 0 aliphatic heterocycles. The summed E-state index contributed by atoms with van der Waals surface area (Å²) < 4.78 is 11.6. The first-order chi connectivity index (χ1) is 12.1. The Bertz CT molecular complexity index is 941. The lowest BCUT2D eigenvalue weighted by atomic mass is 10.4. The fourth-order valence-corrected chi connectivity index (χ4v) is 2.88. The number of hydrogen-bond donors (Lipinski definition) is 2. The fourth-order valence-electron chi connectivity index (χ4n) is 2.16. The van der Waals surface area contributed by atoms with Gasteiger partial charge in [-0.15, -0.1) is 11.8 Å². The van der Waals surface area contributed by atoms with Gasteiger partial charge in [0.2, 0.25) is 5.91 Å². The molecule has 1 amide bonds. The van der Waals surface area contributed by atoms with Crippen molar-refractivity contribution in [1.29, 1.82) is 0 Å². The number of thioether (sulfide) groups is 1. The van der Waals surface area contributed by atoms with Gasteiger partial charge in [0.15, 0.2) is 0 Å². The van der Waals surface area contributed by atoms with E-state index in [9.17, 15) is 14.4 Å². The van der Waals surface area contributed by atoms with Gasteiger partial charge in [0.05, 0.1) is 30.6 Å². The Morgan fingerprint density at radius 1 is 1.16 bits per heavy atom. The first-order valence-corrected chi connectivity index (χ1v) is 8.54. The molecule has 130 valence electrons. The topological polar surface area (TPSA) is 110 Å². The molecule has 3 aromatic heterocycles. The molecule has 3 rings (SSSR count). The van der Waals surface area contributed by atoms with Crippen molar-refractivity contribution in [3.63, 3.8) is 0 Å². The molecule has 2 N–H and O–H groups in total. The van der Waals surface area contributed by atoms with E-state index in [2.05, 4.69) is 10.3 Å². The standard InChI is InChI=1S/C16H15N3O5S/c20-14-7-13(17-15(21)10-25-9-12-4-2-6-24-12)19(16(22)18-14)8-11-3-1-5-23-11/h1-7H,8-10H2,(H,17,21)(H,18,20,22). The number of aromatic amines is 1. The van der Waals surface area contributed by atoms with Crippen molar-refractivity contribution in [3.8, 4) is 0 Å². The molecule has 9 heteroatoms. The Labute approximate surface area is 145 Å². The van der Waals surface area contributed by atoms with E-state index in [1.54, 1.807) is 24.5 Å². The van der Waals surface area contributed by atoms with E-state index in [4.69, 9.17) is 8.83 Å². The number of anilines is 1. The maximum atomic E-state index is 12.1. The van der Waals surface area contributed by atoms with Gasteiger partial charge in [0.25, 0.3) is 5.56 Å². The van der Waals surface area contributed by atoms with Crippen molar-refractivity contribution in [3.05, 3.63) is 75.2 Å². The molecule has 0 atom stereocenters. The van der Waals surface area contributed by atoms with E-state index in [1.807, 2.05) is 6.07 Å². The van der Waals surface area contributed by atoms with Crippen LogP contribution in [0, 0.1) is 0 Å². The average molecular weight is 361 g/mol. The van der Waals surface area contributed by atoms with E-state index in [-0.39, 0.29) is 24.0 Å². The van der Waals surface area contributed by atoms with Crippen LogP contribution in [0.1, 0.15) is 11.5 Å². The Hall–Kier alpha value is -2.94. The second kappa shape index (κ2) is 7.75. The first kappa shape index (κ1) is 16.9. The zero-order chi connectivity index (χ0) is 17.6. The molecule has 0 spiro atoms. The molecule has 0 aliphatic rings. The number of nitrogens with one attached hydrogen (secondary N) is 2. The monoisotopic (exact) mass is 361 g/mol. The molecule has 0 fully saturated rings. The van der Waals surface area contributed by atoms with E-state index in [1.165, 1.54) is 28.7 Å². The lowest BCUT2D eigenvalue weighted by Gasteiger charge is -2.11. The zero-order valence-electron chi connectivity index (χ0n) is 13.1. The fraction of sp³-hybridized carbons (Fsp3) is 0.188. The number of carbonyl (C=O) groups is 1. The van der Waals surface area contributed by atoms with E-state index < -0.39 is 11.2 Å². The number of nitrogens with zero attached hydrogens (tertiary/aromatic N) is 1. The lowest BCUT2D eigenvalue weighted by Crippen LogP contribution is -2.33.